The summed E-state index contributed by atoms with van der Waals surface area (Å²) in [6, 6.07) is 11.7. The molecule has 2 heteroatoms. The van der Waals surface area contributed by atoms with Crippen LogP contribution in [0.25, 0.3) is 0 Å². The van der Waals surface area contributed by atoms with E-state index in [1.165, 1.54) is 12.0 Å². The predicted octanol–water partition coefficient (Wildman–Crippen LogP) is 3.48. The van der Waals surface area contributed by atoms with Crippen LogP contribution in [-0.4, -0.2) is 30.6 Å². The summed E-state index contributed by atoms with van der Waals surface area (Å²) < 4.78 is 0. The lowest BCUT2D eigenvalue weighted by Crippen LogP contribution is -2.46. The van der Waals surface area contributed by atoms with Gasteiger partial charge in [-0.15, -0.1) is 0 Å². The molecule has 2 N–H and O–H groups in total. The first-order chi connectivity index (χ1) is 8.97. The highest BCUT2D eigenvalue weighted by molar-refractivity contribution is 5.20. The highest BCUT2D eigenvalue weighted by atomic mass is 15.2. The van der Waals surface area contributed by atoms with Crippen LogP contribution in [0.1, 0.15) is 45.6 Å². The molecular weight excluding hydrogens is 232 g/mol. The fourth-order valence-electron chi connectivity index (χ4n) is 2.88. The van der Waals surface area contributed by atoms with Crippen LogP contribution >= 0.6 is 0 Å². The Labute approximate surface area is 119 Å². The second kappa shape index (κ2) is 7.66. The Balaban J connectivity index is 2.76. The lowest BCUT2D eigenvalue weighted by Gasteiger charge is -2.37. The molecule has 0 aliphatic heterocycles. The lowest BCUT2D eigenvalue weighted by molar-refractivity contribution is 0.151. The van der Waals surface area contributed by atoms with E-state index in [0.29, 0.717) is 24.5 Å². The summed E-state index contributed by atoms with van der Waals surface area (Å²) in [6.07, 6.45) is 1.22. The van der Waals surface area contributed by atoms with Crippen molar-refractivity contribution in [3.8, 4) is 0 Å². The minimum atomic E-state index is 0.399. The van der Waals surface area contributed by atoms with Crippen molar-refractivity contribution in [3.05, 3.63) is 35.9 Å². The van der Waals surface area contributed by atoms with Crippen LogP contribution in [-0.2, 0) is 0 Å². The van der Waals surface area contributed by atoms with Crippen LogP contribution in [0, 0.1) is 5.92 Å². The molecule has 19 heavy (non-hydrogen) atoms. The lowest BCUT2D eigenvalue weighted by atomic mass is 9.91. The van der Waals surface area contributed by atoms with Crippen LogP contribution in [0.5, 0.6) is 0 Å². The Morgan fingerprint density at radius 3 is 2.11 bits per heavy atom. The van der Waals surface area contributed by atoms with Gasteiger partial charge in [0, 0.05) is 18.6 Å². The van der Waals surface area contributed by atoms with Crippen LogP contribution in [0.3, 0.4) is 0 Å². The van der Waals surface area contributed by atoms with Crippen molar-refractivity contribution in [2.75, 3.05) is 13.6 Å². The molecular formula is C17H30N2. The molecule has 1 aromatic carbocycles. The third-order valence-electron chi connectivity index (χ3n) is 4.17. The van der Waals surface area contributed by atoms with Gasteiger partial charge in [-0.05, 0) is 37.8 Å². The van der Waals surface area contributed by atoms with Crippen molar-refractivity contribution in [1.82, 2.24) is 4.90 Å². The monoisotopic (exact) mass is 262 g/mol. The Kier molecular flexibility index (Phi) is 6.53. The molecule has 0 radical (unpaired) electrons. The molecule has 0 amide bonds. The van der Waals surface area contributed by atoms with Gasteiger partial charge < -0.3 is 5.73 Å². The molecule has 108 valence electrons. The van der Waals surface area contributed by atoms with Gasteiger partial charge in [-0.3, -0.25) is 4.90 Å². The molecule has 0 fully saturated rings. The summed E-state index contributed by atoms with van der Waals surface area (Å²) in [4.78, 5) is 2.46. The Morgan fingerprint density at radius 2 is 1.63 bits per heavy atom. The van der Waals surface area contributed by atoms with Gasteiger partial charge in [0.1, 0.15) is 0 Å². The van der Waals surface area contributed by atoms with Crippen molar-refractivity contribution in [2.45, 2.75) is 52.1 Å². The van der Waals surface area contributed by atoms with E-state index in [2.05, 4.69) is 70.0 Å². The summed E-state index contributed by atoms with van der Waals surface area (Å²) in [6.45, 7) is 9.85. The van der Waals surface area contributed by atoms with Crippen molar-refractivity contribution in [1.29, 1.82) is 0 Å². The molecule has 0 aliphatic carbocycles. The molecule has 0 saturated carbocycles. The van der Waals surface area contributed by atoms with Gasteiger partial charge in [0.25, 0.3) is 0 Å². The first-order valence-corrected chi connectivity index (χ1v) is 7.44. The molecule has 0 aromatic heterocycles. The number of nitrogens with two attached hydrogens (primary N) is 1. The molecule has 0 heterocycles. The summed E-state index contributed by atoms with van der Waals surface area (Å²) in [5.74, 6) is 1.19. The smallest absolute Gasteiger partial charge is 0.0284 e. The van der Waals surface area contributed by atoms with Gasteiger partial charge in [0.05, 0.1) is 0 Å². The zero-order valence-electron chi connectivity index (χ0n) is 13.1. The first kappa shape index (κ1) is 16.2. The number of nitrogens with zero attached hydrogens (tertiary/aromatic N) is 1. The van der Waals surface area contributed by atoms with Crippen LogP contribution in [0.4, 0.5) is 0 Å². The zero-order chi connectivity index (χ0) is 14.4. The molecule has 3 atom stereocenters. The van der Waals surface area contributed by atoms with Gasteiger partial charge in [-0.2, -0.15) is 0 Å². The first-order valence-electron chi connectivity index (χ1n) is 7.44. The third kappa shape index (κ3) is 4.63. The van der Waals surface area contributed by atoms with E-state index in [-0.39, 0.29) is 0 Å². The number of hydrogen-bond acceptors (Lipinski definition) is 2. The van der Waals surface area contributed by atoms with E-state index in [9.17, 15) is 0 Å². The summed E-state index contributed by atoms with van der Waals surface area (Å²) >= 11 is 0. The third-order valence-corrected chi connectivity index (χ3v) is 4.17. The molecule has 0 saturated heterocycles. The van der Waals surface area contributed by atoms with Crippen molar-refractivity contribution in [2.24, 2.45) is 11.7 Å². The van der Waals surface area contributed by atoms with Crippen molar-refractivity contribution >= 4 is 0 Å². The normalized spacial score (nSPS) is 16.6. The topological polar surface area (TPSA) is 29.3 Å². The van der Waals surface area contributed by atoms with Crippen LogP contribution in [0.15, 0.2) is 30.3 Å². The van der Waals surface area contributed by atoms with E-state index >= 15 is 0 Å². The van der Waals surface area contributed by atoms with E-state index in [1.807, 2.05) is 0 Å². The number of rotatable bonds is 7. The van der Waals surface area contributed by atoms with E-state index in [1.54, 1.807) is 0 Å². The molecule has 0 bridgehead atoms. The van der Waals surface area contributed by atoms with E-state index in [0.717, 1.165) is 5.92 Å². The molecule has 2 nitrogen and oxygen atoms in total. The minimum absolute atomic E-state index is 0.399. The second-order valence-electron chi connectivity index (χ2n) is 6.15. The zero-order valence-corrected chi connectivity index (χ0v) is 13.1. The highest BCUT2D eigenvalue weighted by Gasteiger charge is 2.25. The average molecular weight is 262 g/mol. The van der Waals surface area contributed by atoms with Gasteiger partial charge in [-0.1, -0.05) is 51.1 Å². The highest BCUT2D eigenvalue weighted by Crippen LogP contribution is 2.24. The largest absolute Gasteiger partial charge is 0.329 e. The Hall–Kier alpha value is -0.860. The molecule has 1 rings (SSSR count). The molecule has 3 unspecified atom stereocenters. The van der Waals surface area contributed by atoms with Gasteiger partial charge in [0.2, 0.25) is 0 Å². The van der Waals surface area contributed by atoms with E-state index in [4.69, 9.17) is 5.73 Å². The SMILES string of the molecule is CC(C)CC(C)N(C)C(CN)C(C)c1ccccc1. The van der Waals surface area contributed by atoms with Crippen molar-refractivity contribution in [3.63, 3.8) is 0 Å². The number of hydrogen-bond donors (Lipinski definition) is 1. The van der Waals surface area contributed by atoms with Gasteiger partial charge >= 0.3 is 0 Å². The van der Waals surface area contributed by atoms with Gasteiger partial charge in [0.15, 0.2) is 0 Å². The molecule has 0 spiro atoms. The summed E-state index contributed by atoms with van der Waals surface area (Å²) in [7, 11) is 2.21. The fraction of sp³-hybridized carbons (Fsp3) is 0.647. The summed E-state index contributed by atoms with van der Waals surface area (Å²) in [5, 5.41) is 0. The fourth-order valence-corrected chi connectivity index (χ4v) is 2.88. The second-order valence-corrected chi connectivity index (χ2v) is 6.15. The van der Waals surface area contributed by atoms with Crippen molar-refractivity contribution < 1.29 is 0 Å². The molecule has 1 aromatic rings. The van der Waals surface area contributed by atoms with Gasteiger partial charge in [-0.25, -0.2) is 0 Å². The number of benzene rings is 1. The number of likely N-dealkylation sites (N-methyl/N-ethyl adjacent to an activating group) is 1. The van der Waals surface area contributed by atoms with Crippen LogP contribution < -0.4 is 5.73 Å². The van der Waals surface area contributed by atoms with Crippen LogP contribution in [0.2, 0.25) is 0 Å². The maximum atomic E-state index is 6.04. The molecule has 0 aliphatic rings. The maximum absolute atomic E-state index is 6.04. The van der Waals surface area contributed by atoms with E-state index < -0.39 is 0 Å². The Bertz CT molecular complexity index is 348. The summed E-state index contributed by atoms with van der Waals surface area (Å²) in [5.41, 5.74) is 7.42. The predicted molar refractivity (Wildman–Crippen MR) is 84.4 cm³/mol. The quantitative estimate of drug-likeness (QED) is 0.815. The Morgan fingerprint density at radius 1 is 1.05 bits per heavy atom. The minimum Gasteiger partial charge on any atom is -0.329 e. The maximum Gasteiger partial charge on any atom is 0.0284 e. The average Bonchev–Trinajstić information content (AvgIpc) is 2.39. The standard InChI is InChI=1S/C17H30N2/c1-13(2)11-14(3)19(5)17(12-18)15(4)16-9-7-6-8-10-16/h6-10,13-15,17H,11-12,18H2,1-5H3.